The molecule has 4 rings (SSSR count). The molecule has 14 heteroatoms. The quantitative estimate of drug-likeness (QED) is 0.508. The third-order valence-corrected chi connectivity index (χ3v) is 5.59. The molecule has 190 valence electrons. The van der Waals surface area contributed by atoms with Gasteiger partial charge < -0.3 is 10.4 Å². The van der Waals surface area contributed by atoms with Crippen molar-refractivity contribution in [2.75, 3.05) is 11.4 Å². The lowest BCUT2D eigenvalue weighted by molar-refractivity contribution is -0.153. The van der Waals surface area contributed by atoms with Crippen LogP contribution >= 0.6 is 0 Å². The molecule has 1 unspecified atom stereocenters. The van der Waals surface area contributed by atoms with Crippen molar-refractivity contribution in [2.45, 2.75) is 38.1 Å². The van der Waals surface area contributed by atoms with E-state index in [-0.39, 0.29) is 29.8 Å². The largest absolute Gasteiger partial charge is 0.408 e. The first kappa shape index (κ1) is 25.2. The summed E-state index contributed by atoms with van der Waals surface area (Å²) in [5, 5.41) is 11.2. The Kier molecular flexibility index (Phi) is 6.47. The van der Waals surface area contributed by atoms with Gasteiger partial charge in [0.25, 0.3) is 5.91 Å². The van der Waals surface area contributed by atoms with Gasteiger partial charge in [-0.25, -0.2) is 18.7 Å². The lowest BCUT2D eigenvalue weighted by Crippen LogP contribution is -2.46. The summed E-state index contributed by atoms with van der Waals surface area (Å²) in [6, 6.07) is 0.633. The van der Waals surface area contributed by atoms with Crippen LogP contribution in [-0.4, -0.2) is 56.3 Å². The van der Waals surface area contributed by atoms with E-state index in [2.05, 4.69) is 9.97 Å². The molecule has 0 saturated carbocycles. The molecule has 0 aromatic carbocycles. The van der Waals surface area contributed by atoms with Crippen LogP contribution in [0.4, 0.5) is 27.8 Å². The molecule has 9 nitrogen and oxygen atoms in total. The topological polar surface area (TPSA) is 117 Å². The number of nitrogens with zero attached hydrogens (tertiary/aromatic N) is 4. The summed E-state index contributed by atoms with van der Waals surface area (Å²) in [6.07, 6.45) is -5.01. The molecule has 0 radical (unpaired) electrons. The molecule has 3 aromatic rings. The number of fused-ring (bicyclic) bond motifs is 1. The molecular weight excluding hydrogens is 493 g/mol. The van der Waals surface area contributed by atoms with Gasteiger partial charge in [-0.1, -0.05) is 6.92 Å². The molecule has 2 atom stereocenters. The van der Waals surface area contributed by atoms with Gasteiger partial charge in [-0.3, -0.25) is 23.9 Å². The van der Waals surface area contributed by atoms with Gasteiger partial charge in [-0.2, -0.15) is 13.2 Å². The molecule has 2 N–H and O–H groups in total. The molecule has 1 aliphatic heterocycles. The highest BCUT2D eigenvalue weighted by Crippen LogP contribution is 2.25. The van der Waals surface area contributed by atoms with Crippen LogP contribution in [0.5, 0.6) is 0 Å². The molecular formula is C22H18F5N5O4. The van der Waals surface area contributed by atoms with Gasteiger partial charge in [-0.15, -0.1) is 0 Å². The maximum atomic E-state index is 14.7. The first-order chi connectivity index (χ1) is 16.9. The Balaban J connectivity index is 1.92. The number of aliphatic hydroxyl groups is 1. The average Bonchev–Trinajstić information content (AvgIpc) is 3.14. The summed E-state index contributed by atoms with van der Waals surface area (Å²) in [5.74, 6) is -4.70. The standard InChI is InChI=1S/C22H18F5N5O4/c1-2-15(22(25,26)27)29-21(36)13-9-32(20-14(24)5-10(23)7-28-20)19-12(18(13)35)3-4-16(30-19)31-8-11(33)6-17(31)34/h3-5,7,9,11,15,33H,2,6,8H2,1H3,(H,29,36)/t11-,15?/m0/s1. The maximum Gasteiger partial charge on any atom is 0.408 e. The number of halogens is 5. The lowest BCUT2D eigenvalue weighted by atomic mass is 10.1. The zero-order valence-electron chi connectivity index (χ0n) is 18.5. The molecule has 1 fully saturated rings. The van der Waals surface area contributed by atoms with E-state index in [9.17, 15) is 41.4 Å². The predicted octanol–water partition coefficient (Wildman–Crippen LogP) is 2.23. The smallest absolute Gasteiger partial charge is 0.391 e. The van der Waals surface area contributed by atoms with Crippen LogP contribution in [-0.2, 0) is 4.79 Å². The minimum Gasteiger partial charge on any atom is -0.391 e. The number of nitrogens with one attached hydrogen (secondary N) is 1. The Labute approximate surface area is 199 Å². The Morgan fingerprint density at radius 2 is 2.00 bits per heavy atom. The summed E-state index contributed by atoms with van der Waals surface area (Å²) in [5.41, 5.74) is -2.08. The van der Waals surface area contributed by atoms with Crippen molar-refractivity contribution < 1.29 is 36.6 Å². The van der Waals surface area contributed by atoms with E-state index in [0.29, 0.717) is 12.3 Å². The molecule has 1 saturated heterocycles. The van der Waals surface area contributed by atoms with Crippen LogP contribution in [0.25, 0.3) is 16.9 Å². The normalized spacial score (nSPS) is 17.0. The van der Waals surface area contributed by atoms with Crippen molar-refractivity contribution in [3.8, 4) is 5.82 Å². The number of pyridine rings is 3. The van der Waals surface area contributed by atoms with Gasteiger partial charge in [0, 0.05) is 12.3 Å². The SMILES string of the molecule is CCC(NC(=O)c1cn(-c2ncc(F)cc2F)c2nc(N3C[C@@H](O)CC3=O)ccc2c1=O)C(F)(F)F. The van der Waals surface area contributed by atoms with Crippen LogP contribution in [0.15, 0.2) is 35.4 Å². The van der Waals surface area contributed by atoms with Crippen molar-refractivity contribution >= 4 is 28.7 Å². The molecule has 0 bridgehead atoms. The Hall–Kier alpha value is -3.94. The highest BCUT2D eigenvalue weighted by molar-refractivity contribution is 5.99. The Morgan fingerprint density at radius 3 is 2.58 bits per heavy atom. The van der Waals surface area contributed by atoms with Crippen LogP contribution in [0, 0.1) is 11.6 Å². The zero-order valence-corrected chi connectivity index (χ0v) is 18.5. The zero-order chi connectivity index (χ0) is 26.4. The molecule has 2 amide bonds. The number of aliphatic hydroxyl groups excluding tert-OH is 1. The fraction of sp³-hybridized carbons (Fsp3) is 0.318. The Morgan fingerprint density at radius 1 is 1.28 bits per heavy atom. The highest BCUT2D eigenvalue weighted by atomic mass is 19.4. The van der Waals surface area contributed by atoms with Gasteiger partial charge in [-0.05, 0) is 18.6 Å². The first-order valence-corrected chi connectivity index (χ1v) is 10.6. The molecule has 36 heavy (non-hydrogen) atoms. The highest BCUT2D eigenvalue weighted by Gasteiger charge is 2.40. The number of carbonyl (C=O) groups excluding carboxylic acids is 2. The molecule has 1 aliphatic rings. The van der Waals surface area contributed by atoms with Gasteiger partial charge in [0.1, 0.15) is 23.2 Å². The molecule has 0 aliphatic carbocycles. The summed E-state index contributed by atoms with van der Waals surface area (Å²) in [7, 11) is 0. The number of anilines is 1. The molecule has 3 aromatic heterocycles. The van der Waals surface area contributed by atoms with Gasteiger partial charge in [0.05, 0.1) is 30.7 Å². The van der Waals surface area contributed by atoms with E-state index >= 15 is 0 Å². The number of alkyl halides is 3. The fourth-order valence-electron chi connectivity index (χ4n) is 3.81. The van der Waals surface area contributed by atoms with Crippen molar-refractivity contribution in [2.24, 2.45) is 0 Å². The second kappa shape index (κ2) is 9.26. The van der Waals surface area contributed by atoms with Crippen molar-refractivity contribution in [1.29, 1.82) is 0 Å². The number of rotatable bonds is 5. The third kappa shape index (κ3) is 4.63. The lowest BCUT2D eigenvalue weighted by Gasteiger charge is -2.21. The average molecular weight is 511 g/mol. The predicted molar refractivity (Wildman–Crippen MR) is 116 cm³/mol. The monoisotopic (exact) mass is 511 g/mol. The number of amides is 2. The van der Waals surface area contributed by atoms with Crippen LogP contribution < -0.4 is 15.6 Å². The second-order valence-corrected chi connectivity index (χ2v) is 8.08. The van der Waals surface area contributed by atoms with E-state index in [1.807, 2.05) is 0 Å². The summed E-state index contributed by atoms with van der Waals surface area (Å²) < 4.78 is 68.5. The van der Waals surface area contributed by atoms with Crippen molar-refractivity contribution in [3.63, 3.8) is 0 Å². The van der Waals surface area contributed by atoms with E-state index in [4.69, 9.17) is 0 Å². The van der Waals surface area contributed by atoms with Crippen LogP contribution in [0.3, 0.4) is 0 Å². The number of β-amino-alcohol motifs (C(OH)–C–C–N with tert-alkyl or cyclic N) is 1. The van der Waals surface area contributed by atoms with Gasteiger partial charge in [0.2, 0.25) is 11.3 Å². The third-order valence-electron chi connectivity index (χ3n) is 5.59. The van der Waals surface area contributed by atoms with E-state index < -0.39 is 65.0 Å². The van der Waals surface area contributed by atoms with Crippen LogP contribution in [0.2, 0.25) is 0 Å². The second-order valence-electron chi connectivity index (χ2n) is 8.08. The molecule has 0 spiro atoms. The van der Waals surface area contributed by atoms with Crippen molar-refractivity contribution in [3.05, 3.63) is 58.0 Å². The number of hydrogen-bond donors (Lipinski definition) is 2. The van der Waals surface area contributed by atoms with E-state index in [1.54, 1.807) is 5.32 Å². The van der Waals surface area contributed by atoms with E-state index in [1.165, 1.54) is 13.0 Å². The summed E-state index contributed by atoms with van der Waals surface area (Å²) in [4.78, 5) is 46.9. The first-order valence-electron chi connectivity index (χ1n) is 10.6. The van der Waals surface area contributed by atoms with E-state index in [0.717, 1.165) is 21.7 Å². The van der Waals surface area contributed by atoms with Crippen LogP contribution in [0.1, 0.15) is 30.1 Å². The van der Waals surface area contributed by atoms with Crippen molar-refractivity contribution in [1.82, 2.24) is 19.9 Å². The minimum atomic E-state index is -4.78. The van der Waals surface area contributed by atoms with Gasteiger partial charge >= 0.3 is 6.18 Å². The summed E-state index contributed by atoms with van der Waals surface area (Å²) >= 11 is 0. The number of hydrogen-bond acceptors (Lipinski definition) is 6. The maximum absolute atomic E-state index is 14.7. The fourth-order valence-corrected chi connectivity index (χ4v) is 3.81. The Bertz CT molecular complexity index is 1420. The van der Waals surface area contributed by atoms with Gasteiger partial charge in [0.15, 0.2) is 17.3 Å². The molecule has 4 heterocycles. The number of carbonyl (C=O) groups is 2. The minimum absolute atomic E-state index is 0.0139. The number of aromatic nitrogens is 3. The summed E-state index contributed by atoms with van der Waals surface area (Å²) in [6.45, 7) is 1.10.